The molecule has 6 nitrogen and oxygen atoms in total. The quantitative estimate of drug-likeness (QED) is 0.818. The summed E-state index contributed by atoms with van der Waals surface area (Å²) in [5.41, 5.74) is 1.32. The van der Waals surface area contributed by atoms with Gasteiger partial charge in [0.1, 0.15) is 0 Å². The minimum atomic E-state index is -0.321. The van der Waals surface area contributed by atoms with Gasteiger partial charge in [0, 0.05) is 12.7 Å². The fourth-order valence-corrected chi connectivity index (χ4v) is 1.78. The fraction of sp³-hybridized carbons (Fsp3) is 0.267. The lowest BCUT2D eigenvalue weighted by Crippen LogP contribution is -2.26. The number of ether oxygens (including phenoxy) is 1. The molecule has 0 unspecified atom stereocenters. The normalized spacial score (nSPS) is 10.1. The van der Waals surface area contributed by atoms with Gasteiger partial charge in [-0.1, -0.05) is 18.2 Å². The van der Waals surface area contributed by atoms with E-state index in [1.54, 1.807) is 17.8 Å². The van der Waals surface area contributed by atoms with Crippen LogP contribution in [0, 0.1) is 0 Å². The Kier molecular flexibility index (Phi) is 5.09. The number of carbonyl (C=O) groups excluding carboxylic acids is 2. The second kappa shape index (κ2) is 7.23. The van der Waals surface area contributed by atoms with Crippen LogP contribution in [0.3, 0.4) is 0 Å². The number of nitrogens with zero attached hydrogens (tertiary/aromatic N) is 2. The van der Waals surface area contributed by atoms with Gasteiger partial charge in [-0.3, -0.25) is 9.59 Å². The second-order valence-corrected chi connectivity index (χ2v) is 4.32. The Balaban J connectivity index is 1.89. The zero-order chi connectivity index (χ0) is 15.1. The Hall–Kier alpha value is -2.63. The Labute approximate surface area is 122 Å². The van der Waals surface area contributed by atoms with Crippen molar-refractivity contribution in [1.82, 2.24) is 15.1 Å². The van der Waals surface area contributed by atoms with Gasteiger partial charge in [0.25, 0.3) is 5.91 Å². The maximum absolute atomic E-state index is 11.9. The van der Waals surface area contributed by atoms with E-state index in [0.717, 1.165) is 5.69 Å². The zero-order valence-corrected chi connectivity index (χ0v) is 11.8. The first-order valence-electron chi connectivity index (χ1n) is 6.74. The summed E-state index contributed by atoms with van der Waals surface area (Å²) in [7, 11) is 0. The van der Waals surface area contributed by atoms with Crippen molar-refractivity contribution in [2.75, 3.05) is 13.2 Å². The summed E-state index contributed by atoms with van der Waals surface area (Å²) in [5.74, 6) is -0.584. The summed E-state index contributed by atoms with van der Waals surface area (Å²) in [4.78, 5) is 23.1. The van der Waals surface area contributed by atoms with Crippen molar-refractivity contribution in [3.8, 4) is 5.69 Å². The number of nitrogens with one attached hydrogen (secondary N) is 1. The maximum atomic E-state index is 11.9. The standard InChI is InChI=1S/C15H17N3O3/c1-2-21-14(19)8-9-16-15(20)12-10-17-18(11-12)13-6-4-3-5-7-13/h3-7,10-11H,2,8-9H2,1H3,(H,16,20). The molecule has 0 fully saturated rings. The van der Waals surface area contributed by atoms with Crippen LogP contribution in [0.15, 0.2) is 42.7 Å². The van der Waals surface area contributed by atoms with Crippen molar-refractivity contribution < 1.29 is 14.3 Å². The smallest absolute Gasteiger partial charge is 0.307 e. The predicted octanol–water partition coefficient (Wildman–Crippen LogP) is 1.56. The molecule has 6 heteroatoms. The molecule has 1 N–H and O–H groups in total. The number of esters is 1. The van der Waals surface area contributed by atoms with Crippen molar-refractivity contribution in [3.05, 3.63) is 48.3 Å². The highest BCUT2D eigenvalue weighted by Gasteiger charge is 2.10. The van der Waals surface area contributed by atoms with Gasteiger partial charge in [0.05, 0.1) is 30.5 Å². The summed E-state index contributed by atoms with van der Waals surface area (Å²) in [6, 6.07) is 9.51. The first kappa shape index (κ1) is 14.8. The predicted molar refractivity (Wildman–Crippen MR) is 77.1 cm³/mol. The van der Waals surface area contributed by atoms with Crippen molar-refractivity contribution in [2.24, 2.45) is 0 Å². The van der Waals surface area contributed by atoms with Gasteiger partial charge in [-0.2, -0.15) is 5.10 Å². The molecule has 1 heterocycles. The molecule has 0 saturated heterocycles. The molecule has 0 aliphatic heterocycles. The SMILES string of the molecule is CCOC(=O)CCNC(=O)c1cnn(-c2ccccc2)c1. The van der Waals surface area contributed by atoms with Crippen molar-refractivity contribution in [3.63, 3.8) is 0 Å². The number of hydrogen-bond donors (Lipinski definition) is 1. The minimum Gasteiger partial charge on any atom is -0.466 e. The molecule has 0 radical (unpaired) electrons. The highest BCUT2D eigenvalue weighted by molar-refractivity contribution is 5.93. The van der Waals surface area contributed by atoms with E-state index >= 15 is 0 Å². The lowest BCUT2D eigenvalue weighted by molar-refractivity contribution is -0.142. The van der Waals surface area contributed by atoms with Crippen LogP contribution in [0.5, 0.6) is 0 Å². The molecule has 1 aromatic heterocycles. The van der Waals surface area contributed by atoms with Crippen molar-refractivity contribution in [1.29, 1.82) is 0 Å². The van der Waals surface area contributed by atoms with Gasteiger partial charge in [-0.25, -0.2) is 4.68 Å². The molecule has 110 valence electrons. The molecule has 0 spiro atoms. The summed E-state index contributed by atoms with van der Waals surface area (Å²) in [6.45, 7) is 2.33. The van der Waals surface area contributed by atoms with Crippen LogP contribution in [0.25, 0.3) is 5.69 Å². The van der Waals surface area contributed by atoms with Crippen LogP contribution in [0.4, 0.5) is 0 Å². The zero-order valence-electron chi connectivity index (χ0n) is 11.8. The lowest BCUT2D eigenvalue weighted by Gasteiger charge is -2.03. The molecule has 0 atom stereocenters. The number of aromatic nitrogens is 2. The molecule has 21 heavy (non-hydrogen) atoms. The van der Waals surface area contributed by atoms with Crippen LogP contribution >= 0.6 is 0 Å². The highest BCUT2D eigenvalue weighted by Crippen LogP contribution is 2.07. The monoisotopic (exact) mass is 287 g/mol. The average Bonchev–Trinajstić information content (AvgIpc) is 2.98. The number of amides is 1. The van der Waals surface area contributed by atoms with Crippen LogP contribution in [-0.4, -0.2) is 34.8 Å². The van der Waals surface area contributed by atoms with E-state index in [4.69, 9.17) is 4.74 Å². The number of para-hydroxylation sites is 1. The molecular formula is C15H17N3O3. The van der Waals surface area contributed by atoms with E-state index in [2.05, 4.69) is 10.4 Å². The number of benzene rings is 1. The number of rotatable bonds is 6. The molecule has 1 amide bonds. The van der Waals surface area contributed by atoms with E-state index in [0.29, 0.717) is 12.2 Å². The largest absolute Gasteiger partial charge is 0.466 e. The van der Waals surface area contributed by atoms with Crippen LogP contribution in [-0.2, 0) is 9.53 Å². The summed E-state index contributed by atoms with van der Waals surface area (Å²) in [5, 5.41) is 6.80. The molecule has 0 aliphatic rings. The average molecular weight is 287 g/mol. The minimum absolute atomic E-state index is 0.159. The molecular weight excluding hydrogens is 270 g/mol. The topological polar surface area (TPSA) is 73.2 Å². The molecule has 2 rings (SSSR count). The third kappa shape index (κ3) is 4.17. The van der Waals surface area contributed by atoms with Crippen LogP contribution < -0.4 is 5.32 Å². The first-order valence-corrected chi connectivity index (χ1v) is 6.74. The summed E-state index contributed by atoms with van der Waals surface area (Å²) < 4.78 is 6.41. The van der Waals surface area contributed by atoms with Crippen molar-refractivity contribution in [2.45, 2.75) is 13.3 Å². The Morgan fingerprint density at radius 3 is 2.76 bits per heavy atom. The van der Waals surface area contributed by atoms with E-state index in [9.17, 15) is 9.59 Å². The molecule has 0 saturated carbocycles. The first-order chi connectivity index (χ1) is 10.2. The van der Waals surface area contributed by atoms with Crippen molar-refractivity contribution >= 4 is 11.9 Å². The lowest BCUT2D eigenvalue weighted by atomic mass is 10.3. The van der Waals surface area contributed by atoms with E-state index in [1.165, 1.54) is 6.20 Å². The van der Waals surface area contributed by atoms with Crippen LogP contribution in [0.2, 0.25) is 0 Å². The van der Waals surface area contributed by atoms with Gasteiger partial charge in [0.15, 0.2) is 0 Å². The second-order valence-electron chi connectivity index (χ2n) is 4.32. The summed E-state index contributed by atoms with van der Waals surface area (Å²) in [6.07, 6.45) is 3.30. The maximum Gasteiger partial charge on any atom is 0.307 e. The van der Waals surface area contributed by atoms with Gasteiger partial charge >= 0.3 is 5.97 Å². The number of hydrogen-bond acceptors (Lipinski definition) is 4. The molecule has 0 aliphatic carbocycles. The number of carbonyl (C=O) groups is 2. The molecule has 2 aromatic rings. The molecule has 1 aromatic carbocycles. The highest BCUT2D eigenvalue weighted by atomic mass is 16.5. The fourth-order valence-electron chi connectivity index (χ4n) is 1.78. The van der Waals surface area contributed by atoms with Gasteiger partial charge < -0.3 is 10.1 Å². The molecule has 0 bridgehead atoms. The van der Waals surface area contributed by atoms with Gasteiger partial charge in [-0.05, 0) is 19.1 Å². The third-order valence-electron chi connectivity index (χ3n) is 2.79. The summed E-state index contributed by atoms with van der Waals surface area (Å²) >= 11 is 0. The van der Waals surface area contributed by atoms with E-state index in [-0.39, 0.29) is 24.8 Å². The Morgan fingerprint density at radius 1 is 1.29 bits per heavy atom. The third-order valence-corrected chi connectivity index (χ3v) is 2.79. The van der Waals surface area contributed by atoms with E-state index < -0.39 is 0 Å². The van der Waals surface area contributed by atoms with E-state index in [1.807, 2.05) is 30.3 Å². The van der Waals surface area contributed by atoms with Crippen LogP contribution in [0.1, 0.15) is 23.7 Å². The Bertz CT molecular complexity index is 608. The van der Waals surface area contributed by atoms with Gasteiger partial charge in [-0.15, -0.1) is 0 Å². The Morgan fingerprint density at radius 2 is 2.05 bits per heavy atom. The van der Waals surface area contributed by atoms with Gasteiger partial charge in [0.2, 0.25) is 0 Å².